The zero-order valence-electron chi connectivity index (χ0n) is 18.5. The van der Waals surface area contributed by atoms with Gasteiger partial charge < -0.3 is 10.1 Å². The Morgan fingerprint density at radius 1 is 1.03 bits per heavy atom. The van der Waals surface area contributed by atoms with Gasteiger partial charge >= 0.3 is 0 Å². The number of rotatable bonds is 7. The highest BCUT2D eigenvalue weighted by Gasteiger charge is 2.21. The van der Waals surface area contributed by atoms with Crippen LogP contribution in [0.4, 0.5) is 14.5 Å². The maximum absolute atomic E-state index is 14.2. The first kappa shape index (κ1) is 25.9. The molecule has 0 aromatic heterocycles. The topological polar surface area (TPSA) is 72.5 Å². The molecule has 0 atom stereocenters. The Morgan fingerprint density at radius 2 is 1.62 bits per heavy atom. The van der Waals surface area contributed by atoms with Crippen molar-refractivity contribution in [3.8, 4) is 11.5 Å². The Morgan fingerprint density at radius 3 is 2.15 bits per heavy atom. The van der Waals surface area contributed by atoms with Crippen LogP contribution in [-0.2, 0) is 26.7 Å². The van der Waals surface area contributed by atoms with Crippen LogP contribution in [0.3, 0.4) is 0 Å². The van der Waals surface area contributed by atoms with E-state index in [4.69, 9.17) is 27.9 Å². The Kier molecular flexibility index (Phi) is 7.55. The molecule has 5 nitrogen and oxygen atoms in total. The number of carbonyl (C=O) groups excluding carboxylic acids is 1. The van der Waals surface area contributed by atoms with Gasteiger partial charge in [-0.2, -0.15) is 0 Å². The first-order valence-electron chi connectivity index (χ1n) is 9.98. The Balaban J connectivity index is 1.74. The highest BCUT2D eigenvalue weighted by atomic mass is 35.5. The van der Waals surface area contributed by atoms with Crippen molar-refractivity contribution in [1.29, 1.82) is 0 Å². The lowest BCUT2D eigenvalue weighted by atomic mass is 10.00. The molecule has 0 unspecified atom stereocenters. The van der Waals surface area contributed by atoms with E-state index in [0.717, 1.165) is 18.4 Å². The number of alkyl halides is 1. The molecule has 0 aliphatic rings. The number of amides is 1. The summed E-state index contributed by atoms with van der Waals surface area (Å²) in [5, 5.41) is 2.75. The summed E-state index contributed by atoms with van der Waals surface area (Å²) in [6.07, 6.45) is 1.09. The number of nitrogens with one attached hydrogen (secondary N) is 1. The molecular weight excluding hydrogens is 507 g/mol. The highest BCUT2D eigenvalue weighted by molar-refractivity contribution is 7.90. The molecule has 0 aliphatic heterocycles. The smallest absolute Gasteiger partial charge is 0.228 e. The minimum atomic E-state index is -3.33. The van der Waals surface area contributed by atoms with Crippen LogP contribution in [-0.4, -0.2) is 20.6 Å². The van der Waals surface area contributed by atoms with Crippen LogP contribution in [0.1, 0.15) is 25.0 Å². The molecular formula is C24H21Cl2F2NO4S. The van der Waals surface area contributed by atoms with Crippen molar-refractivity contribution in [1.82, 2.24) is 0 Å². The van der Waals surface area contributed by atoms with E-state index in [1.54, 1.807) is 12.1 Å². The van der Waals surface area contributed by atoms with E-state index in [-0.39, 0.29) is 44.3 Å². The minimum absolute atomic E-state index is 0.0113. The van der Waals surface area contributed by atoms with Gasteiger partial charge in [-0.25, -0.2) is 17.2 Å². The summed E-state index contributed by atoms with van der Waals surface area (Å²) in [6.45, 7) is 2.59. The maximum Gasteiger partial charge on any atom is 0.228 e. The van der Waals surface area contributed by atoms with Crippen molar-refractivity contribution in [2.75, 3.05) is 11.6 Å². The lowest BCUT2D eigenvalue weighted by Crippen LogP contribution is -2.14. The molecule has 0 saturated carbocycles. The largest absolute Gasteiger partial charge is 0.454 e. The number of hydrogen-bond acceptors (Lipinski definition) is 4. The van der Waals surface area contributed by atoms with Crippen molar-refractivity contribution in [2.24, 2.45) is 0 Å². The molecule has 3 aromatic rings. The van der Waals surface area contributed by atoms with Crippen LogP contribution in [0.2, 0.25) is 10.0 Å². The van der Waals surface area contributed by atoms with E-state index in [2.05, 4.69) is 5.32 Å². The monoisotopic (exact) mass is 527 g/mol. The van der Waals surface area contributed by atoms with Gasteiger partial charge in [0.05, 0.1) is 21.4 Å². The third kappa shape index (κ3) is 6.68. The van der Waals surface area contributed by atoms with E-state index in [0.29, 0.717) is 11.3 Å². The van der Waals surface area contributed by atoms with E-state index < -0.39 is 21.3 Å². The lowest BCUT2D eigenvalue weighted by Gasteiger charge is -2.17. The predicted molar refractivity (Wildman–Crippen MR) is 129 cm³/mol. The molecule has 0 heterocycles. The fraction of sp³-hybridized carbons (Fsp3) is 0.208. The van der Waals surface area contributed by atoms with Gasteiger partial charge in [-0.3, -0.25) is 4.79 Å². The number of benzene rings is 3. The van der Waals surface area contributed by atoms with E-state index >= 15 is 0 Å². The normalized spacial score (nSPS) is 11.9. The van der Waals surface area contributed by atoms with Crippen LogP contribution in [0.15, 0.2) is 59.5 Å². The molecule has 0 fully saturated rings. The fourth-order valence-corrected chi connectivity index (χ4v) is 4.25. The van der Waals surface area contributed by atoms with Crippen molar-refractivity contribution < 1.29 is 26.7 Å². The van der Waals surface area contributed by atoms with Gasteiger partial charge in [0.2, 0.25) is 5.91 Å². The molecule has 0 aliphatic carbocycles. The van der Waals surface area contributed by atoms with Gasteiger partial charge in [0, 0.05) is 18.0 Å². The van der Waals surface area contributed by atoms with Crippen molar-refractivity contribution in [2.45, 2.75) is 30.8 Å². The number of carbonyl (C=O) groups is 1. The van der Waals surface area contributed by atoms with E-state index in [1.807, 2.05) is 0 Å². The molecule has 1 N–H and O–H groups in total. The number of hydrogen-bond donors (Lipinski definition) is 1. The Bertz CT molecular complexity index is 1320. The minimum Gasteiger partial charge on any atom is -0.454 e. The van der Waals surface area contributed by atoms with Crippen LogP contribution < -0.4 is 10.1 Å². The predicted octanol–water partition coefficient (Wildman–Crippen LogP) is 6.71. The summed E-state index contributed by atoms with van der Waals surface area (Å²) in [5.74, 6) is -1.03. The number of sulfone groups is 1. The summed E-state index contributed by atoms with van der Waals surface area (Å²) in [7, 11) is -3.33. The van der Waals surface area contributed by atoms with Crippen LogP contribution in [0.5, 0.6) is 11.5 Å². The van der Waals surface area contributed by atoms with Gasteiger partial charge in [0.25, 0.3) is 0 Å². The summed E-state index contributed by atoms with van der Waals surface area (Å²) in [4.78, 5) is 12.6. The second-order valence-electron chi connectivity index (χ2n) is 8.16. The van der Waals surface area contributed by atoms with Crippen LogP contribution in [0.25, 0.3) is 0 Å². The zero-order chi connectivity index (χ0) is 25.3. The molecule has 1 amide bonds. The third-order valence-corrected chi connectivity index (χ3v) is 6.47. The van der Waals surface area contributed by atoms with Gasteiger partial charge in [0.1, 0.15) is 17.2 Å². The SMILES string of the molecule is CC(C)(F)c1cc(F)cc(Oc2c(Cl)cc(NC(=O)Cc3ccc(S(C)(=O)=O)cc3)cc2Cl)c1. The van der Waals surface area contributed by atoms with E-state index in [1.165, 1.54) is 44.2 Å². The fourth-order valence-electron chi connectivity index (χ4n) is 3.06. The molecule has 0 radical (unpaired) electrons. The molecule has 3 rings (SSSR count). The average Bonchev–Trinajstić information content (AvgIpc) is 2.69. The molecule has 34 heavy (non-hydrogen) atoms. The second-order valence-corrected chi connectivity index (χ2v) is 11.0. The Hall–Kier alpha value is -2.68. The van der Waals surface area contributed by atoms with E-state index in [9.17, 15) is 22.0 Å². The summed E-state index contributed by atoms with van der Waals surface area (Å²) in [5.41, 5.74) is -0.791. The molecule has 0 spiro atoms. The highest BCUT2D eigenvalue weighted by Crippen LogP contribution is 2.40. The van der Waals surface area contributed by atoms with Crippen LogP contribution in [0, 0.1) is 5.82 Å². The first-order chi connectivity index (χ1) is 15.7. The summed E-state index contributed by atoms with van der Waals surface area (Å²) >= 11 is 12.5. The van der Waals surface area contributed by atoms with Gasteiger partial charge in [-0.15, -0.1) is 0 Å². The van der Waals surface area contributed by atoms with Crippen molar-refractivity contribution in [3.05, 3.63) is 81.6 Å². The van der Waals surface area contributed by atoms with Crippen LogP contribution >= 0.6 is 23.2 Å². The molecule has 10 heteroatoms. The number of ether oxygens (including phenoxy) is 1. The molecule has 180 valence electrons. The van der Waals surface area contributed by atoms with Gasteiger partial charge in [0.15, 0.2) is 15.6 Å². The van der Waals surface area contributed by atoms with Gasteiger partial charge in [-0.05, 0) is 61.4 Å². The molecule has 0 bridgehead atoms. The number of anilines is 1. The first-order valence-corrected chi connectivity index (χ1v) is 12.6. The third-order valence-electron chi connectivity index (χ3n) is 4.78. The Labute approximate surface area is 206 Å². The summed E-state index contributed by atoms with van der Waals surface area (Å²) < 4.78 is 56.9. The quantitative estimate of drug-likeness (QED) is 0.370. The zero-order valence-corrected chi connectivity index (χ0v) is 20.8. The lowest BCUT2D eigenvalue weighted by molar-refractivity contribution is -0.115. The maximum atomic E-state index is 14.2. The average molecular weight is 528 g/mol. The molecule has 3 aromatic carbocycles. The summed E-state index contributed by atoms with van der Waals surface area (Å²) in [6, 6.07) is 12.3. The standard InChI is InChI=1S/C24H21Cl2F2NO4S/c1-24(2,28)15-9-16(27)11-18(10-15)33-23-20(25)12-17(13-21(23)26)29-22(30)8-14-4-6-19(7-5-14)34(3,31)32/h4-7,9-13H,8H2,1-3H3,(H,29,30). The van der Waals surface area contributed by atoms with Crippen molar-refractivity contribution >= 4 is 44.6 Å². The second kappa shape index (κ2) is 9.90. The number of halogens is 4. The van der Waals surface area contributed by atoms with Gasteiger partial charge in [-0.1, -0.05) is 35.3 Å². The van der Waals surface area contributed by atoms with Crippen molar-refractivity contribution in [3.63, 3.8) is 0 Å². The molecule has 0 saturated heterocycles.